The number of nitriles is 1. The van der Waals surface area contributed by atoms with Crippen LogP contribution in [0.3, 0.4) is 0 Å². The molecule has 3 nitrogen and oxygen atoms in total. The molecule has 0 saturated carbocycles. The van der Waals surface area contributed by atoms with Gasteiger partial charge in [0.2, 0.25) is 0 Å². The number of hydrogen-bond acceptors (Lipinski definition) is 4. The average Bonchev–Trinajstić information content (AvgIpc) is 2.35. The zero-order valence-corrected chi connectivity index (χ0v) is 10.3. The van der Waals surface area contributed by atoms with E-state index < -0.39 is 0 Å². The second kappa shape index (κ2) is 6.29. The van der Waals surface area contributed by atoms with Gasteiger partial charge < -0.3 is 9.47 Å². The Morgan fingerprint density at radius 1 is 1.38 bits per heavy atom. The van der Waals surface area contributed by atoms with Crippen molar-refractivity contribution in [1.29, 1.82) is 5.26 Å². The number of rotatable bonds is 5. The molecular formula is C12H15NO2S. The van der Waals surface area contributed by atoms with E-state index in [-0.39, 0.29) is 0 Å². The molecule has 0 fully saturated rings. The van der Waals surface area contributed by atoms with Crippen LogP contribution in [0.2, 0.25) is 0 Å². The molecule has 1 rings (SSSR count). The molecule has 86 valence electrons. The molecule has 16 heavy (non-hydrogen) atoms. The Kier molecular flexibility index (Phi) is 5.00. The van der Waals surface area contributed by atoms with Crippen molar-refractivity contribution in [2.75, 3.05) is 19.5 Å². The summed E-state index contributed by atoms with van der Waals surface area (Å²) in [5.41, 5.74) is 0.535. The maximum atomic E-state index is 8.83. The minimum Gasteiger partial charge on any atom is -0.497 e. The third kappa shape index (κ3) is 3.67. The highest BCUT2D eigenvalue weighted by atomic mass is 32.1. The molecule has 0 aliphatic rings. The summed E-state index contributed by atoms with van der Waals surface area (Å²) in [6.45, 7) is 2.64. The fourth-order valence-electron chi connectivity index (χ4n) is 1.13. The third-order valence-corrected chi connectivity index (χ3v) is 2.71. The van der Waals surface area contributed by atoms with Gasteiger partial charge in [0.1, 0.15) is 11.5 Å². The summed E-state index contributed by atoms with van der Waals surface area (Å²) >= 11 is 4.18. The molecule has 4 heteroatoms. The lowest BCUT2D eigenvalue weighted by Crippen LogP contribution is -2.09. The van der Waals surface area contributed by atoms with E-state index in [1.807, 2.05) is 0 Å². The average molecular weight is 237 g/mol. The Bertz CT molecular complexity index is 387. The summed E-state index contributed by atoms with van der Waals surface area (Å²) in [6, 6.07) is 7.22. The first-order valence-corrected chi connectivity index (χ1v) is 5.65. The number of methoxy groups -OCH3 is 1. The minimum absolute atomic E-state index is 0.375. The van der Waals surface area contributed by atoms with Crippen LogP contribution in [0.15, 0.2) is 18.2 Å². The van der Waals surface area contributed by atoms with E-state index in [1.54, 1.807) is 25.3 Å². The van der Waals surface area contributed by atoms with Gasteiger partial charge in [-0.15, -0.1) is 0 Å². The molecule has 1 aromatic rings. The molecule has 1 unspecified atom stereocenters. The first kappa shape index (κ1) is 12.7. The SMILES string of the molecule is COc1cc(C#N)cc(OCC(C)CS)c1. The molecule has 0 spiro atoms. The van der Waals surface area contributed by atoms with Gasteiger partial charge in [-0.3, -0.25) is 0 Å². The highest BCUT2D eigenvalue weighted by Crippen LogP contribution is 2.22. The molecule has 0 radical (unpaired) electrons. The largest absolute Gasteiger partial charge is 0.497 e. The summed E-state index contributed by atoms with van der Waals surface area (Å²) in [5, 5.41) is 8.83. The predicted octanol–water partition coefficient (Wildman–Crippen LogP) is 2.51. The number of benzene rings is 1. The normalized spacial score (nSPS) is 11.6. The van der Waals surface area contributed by atoms with Crippen molar-refractivity contribution in [3.63, 3.8) is 0 Å². The van der Waals surface area contributed by atoms with Crippen molar-refractivity contribution >= 4 is 12.6 Å². The third-order valence-electron chi connectivity index (χ3n) is 2.09. The zero-order valence-electron chi connectivity index (χ0n) is 9.43. The van der Waals surface area contributed by atoms with Crippen LogP contribution in [-0.2, 0) is 0 Å². The van der Waals surface area contributed by atoms with Gasteiger partial charge in [0.05, 0.1) is 25.3 Å². The van der Waals surface area contributed by atoms with Crippen LogP contribution in [0.5, 0.6) is 11.5 Å². The first-order chi connectivity index (χ1) is 7.69. The fraction of sp³-hybridized carbons (Fsp3) is 0.417. The molecule has 0 N–H and O–H groups in total. The molecule has 0 amide bonds. The lowest BCUT2D eigenvalue weighted by molar-refractivity contribution is 0.272. The summed E-state index contributed by atoms with van der Waals surface area (Å²) in [4.78, 5) is 0. The van der Waals surface area contributed by atoms with Crippen molar-refractivity contribution in [3.05, 3.63) is 23.8 Å². The van der Waals surface area contributed by atoms with Gasteiger partial charge >= 0.3 is 0 Å². The van der Waals surface area contributed by atoms with Crippen LogP contribution in [-0.4, -0.2) is 19.5 Å². The standard InChI is InChI=1S/C12H15NO2S/c1-9(8-16)7-15-12-4-10(6-13)3-11(5-12)14-2/h3-5,9,16H,7-8H2,1-2H3. The Hall–Kier alpha value is -1.34. The summed E-state index contributed by atoms with van der Waals surface area (Å²) in [6.07, 6.45) is 0. The van der Waals surface area contributed by atoms with Crippen molar-refractivity contribution in [2.24, 2.45) is 5.92 Å². The molecular weight excluding hydrogens is 222 g/mol. The first-order valence-electron chi connectivity index (χ1n) is 5.02. The number of ether oxygens (including phenoxy) is 2. The van der Waals surface area contributed by atoms with E-state index in [4.69, 9.17) is 14.7 Å². The van der Waals surface area contributed by atoms with E-state index in [9.17, 15) is 0 Å². The van der Waals surface area contributed by atoms with Gasteiger partial charge in [0.15, 0.2) is 0 Å². The highest BCUT2D eigenvalue weighted by molar-refractivity contribution is 7.80. The highest BCUT2D eigenvalue weighted by Gasteiger charge is 2.04. The van der Waals surface area contributed by atoms with Crippen LogP contribution < -0.4 is 9.47 Å². The second-order valence-electron chi connectivity index (χ2n) is 3.61. The van der Waals surface area contributed by atoms with Crippen molar-refractivity contribution < 1.29 is 9.47 Å². The van der Waals surface area contributed by atoms with Crippen molar-refractivity contribution in [3.8, 4) is 17.6 Å². The topological polar surface area (TPSA) is 42.2 Å². The Labute approximate surface area is 101 Å². The quantitative estimate of drug-likeness (QED) is 0.800. The zero-order chi connectivity index (χ0) is 12.0. The monoisotopic (exact) mass is 237 g/mol. The molecule has 0 aromatic heterocycles. The van der Waals surface area contributed by atoms with Crippen LogP contribution >= 0.6 is 12.6 Å². The number of thiol groups is 1. The summed E-state index contributed by atoms with van der Waals surface area (Å²) < 4.78 is 10.6. The molecule has 0 aliphatic heterocycles. The molecule has 0 saturated heterocycles. The van der Waals surface area contributed by atoms with E-state index in [2.05, 4.69) is 25.6 Å². The predicted molar refractivity (Wildman–Crippen MR) is 66.2 cm³/mol. The summed E-state index contributed by atoms with van der Waals surface area (Å²) in [5.74, 6) is 2.44. The van der Waals surface area contributed by atoms with E-state index >= 15 is 0 Å². The van der Waals surface area contributed by atoms with Crippen molar-refractivity contribution in [1.82, 2.24) is 0 Å². The van der Waals surface area contributed by atoms with Gasteiger partial charge in [0.25, 0.3) is 0 Å². The van der Waals surface area contributed by atoms with Gasteiger partial charge in [-0.2, -0.15) is 17.9 Å². The molecule has 0 aliphatic carbocycles. The van der Waals surface area contributed by atoms with E-state index in [0.29, 0.717) is 29.6 Å². The Morgan fingerprint density at radius 3 is 2.62 bits per heavy atom. The van der Waals surface area contributed by atoms with Crippen molar-refractivity contribution in [2.45, 2.75) is 6.92 Å². The maximum absolute atomic E-state index is 8.83. The Balaban J connectivity index is 2.76. The number of nitrogens with zero attached hydrogens (tertiary/aromatic N) is 1. The van der Waals surface area contributed by atoms with Gasteiger partial charge in [-0.1, -0.05) is 6.92 Å². The van der Waals surface area contributed by atoms with Gasteiger partial charge in [-0.05, 0) is 23.8 Å². The second-order valence-corrected chi connectivity index (χ2v) is 3.97. The lowest BCUT2D eigenvalue weighted by atomic mass is 10.2. The van der Waals surface area contributed by atoms with E-state index in [1.165, 1.54) is 0 Å². The van der Waals surface area contributed by atoms with Crippen LogP contribution in [0.1, 0.15) is 12.5 Å². The number of hydrogen-bond donors (Lipinski definition) is 1. The molecule has 1 aromatic carbocycles. The van der Waals surface area contributed by atoms with Crippen LogP contribution in [0, 0.1) is 17.2 Å². The lowest BCUT2D eigenvalue weighted by Gasteiger charge is -2.11. The Morgan fingerprint density at radius 2 is 2.06 bits per heavy atom. The fourth-order valence-corrected chi connectivity index (χ4v) is 1.23. The van der Waals surface area contributed by atoms with Crippen LogP contribution in [0.4, 0.5) is 0 Å². The smallest absolute Gasteiger partial charge is 0.124 e. The molecule has 0 heterocycles. The maximum Gasteiger partial charge on any atom is 0.124 e. The summed E-state index contributed by atoms with van der Waals surface area (Å²) in [7, 11) is 1.57. The van der Waals surface area contributed by atoms with Gasteiger partial charge in [0, 0.05) is 6.07 Å². The molecule has 0 bridgehead atoms. The van der Waals surface area contributed by atoms with Crippen LogP contribution in [0.25, 0.3) is 0 Å². The van der Waals surface area contributed by atoms with Gasteiger partial charge in [-0.25, -0.2) is 0 Å². The van der Waals surface area contributed by atoms with E-state index in [0.717, 1.165) is 5.75 Å². The minimum atomic E-state index is 0.375. The molecule has 1 atom stereocenters.